The summed E-state index contributed by atoms with van der Waals surface area (Å²) in [7, 11) is 0. The van der Waals surface area contributed by atoms with Gasteiger partial charge >= 0.3 is 5.97 Å². The normalized spacial score (nSPS) is 12.8. The second-order valence-corrected chi connectivity index (χ2v) is 17.5. The van der Waals surface area contributed by atoms with Crippen molar-refractivity contribution < 1.29 is 24.5 Å². The minimum atomic E-state index is -0.667. The highest BCUT2D eigenvalue weighted by molar-refractivity contribution is 5.76. The first-order chi connectivity index (χ1) is 28.5. The zero-order valence-corrected chi connectivity index (χ0v) is 38.8. The van der Waals surface area contributed by atoms with Crippen LogP contribution in [0.4, 0.5) is 0 Å². The molecule has 0 aliphatic carbocycles. The molecule has 0 saturated heterocycles. The molecule has 0 spiro atoms. The molecule has 342 valence electrons. The molecule has 0 aromatic carbocycles. The molecule has 0 heterocycles. The Bertz CT molecular complexity index is 904. The highest BCUT2D eigenvalue weighted by atomic mass is 16.5. The average molecular weight is 818 g/mol. The summed E-state index contributed by atoms with van der Waals surface area (Å²) in [6.45, 7) is 4.89. The zero-order chi connectivity index (χ0) is 42.3. The Hall–Kier alpha value is -1.66. The first-order valence-electron chi connectivity index (χ1n) is 25.6. The summed E-state index contributed by atoms with van der Waals surface area (Å²) in [6, 6.07) is -0.545. The van der Waals surface area contributed by atoms with Gasteiger partial charge in [0.25, 0.3) is 0 Å². The highest BCUT2D eigenvalue weighted by Gasteiger charge is 2.20. The predicted octanol–water partition coefficient (Wildman–Crippen LogP) is 15.1. The molecule has 6 heteroatoms. The van der Waals surface area contributed by atoms with Crippen molar-refractivity contribution in [2.75, 3.05) is 13.2 Å². The van der Waals surface area contributed by atoms with E-state index in [1.165, 1.54) is 180 Å². The summed E-state index contributed by atoms with van der Waals surface area (Å²) in [6.07, 6.45) is 55.7. The van der Waals surface area contributed by atoms with E-state index < -0.39 is 12.1 Å². The Labute approximate surface area is 361 Å². The summed E-state index contributed by atoms with van der Waals surface area (Å²) in [5, 5.41) is 23.1. The van der Waals surface area contributed by atoms with E-state index >= 15 is 0 Å². The largest absolute Gasteiger partial charge is 0.466 e. The topological polar surface area (TPSA) is 95.9 Å². The van der Waals surface area contributed by atoms with Crippen LogP contribution in [0.2, 0.25) is 0 Å². The second kappa shape index (κ2) is 48.0. The fourth-order valence-corrected chi connectivity index (χ4v) is 7.79. The van der Waals surface area contributed by atoms with E-state index in [0.717, 1.165) is 57.8 Å². The smallest absolute Gasteiger partial charge is 0.305 e. The number of aliphatic hydroxyl groups excluding tert-OH is 2. The number of amides is 1. The Morgan fingerprint density at radius 1 is 0.483 bits per heavy atom. The lowest BCUT2D eigenvalue weighted by molar-refractivity contribution is -0.143. The molecular formula is C52H99NO5. The van der Waals surface area contributed by atoms with Crippen LogP contribution >= 0.6 is 0 Å². The van der Waals surface area contributed by atoms with Gasteiger partial charge in [-0.05, 0) is 57.8 Å². The molecule has 0 aromatic rings. The van der Waals surface area contributed by atoms with Gasteiger partial charge in [0, 0.05) is 12.8 Å². The minimum absolute atomic E-state index is 0.0112. The standard InChI is InChI=1S/C52H99NO5/c1-3-5-7-9-11-13-15-16-19-23-26-30-34-38-42-46-52(57)58-47-43-39-35-31-27-24-21-18-17-20-22-25-29-33-37-41-45-51(56)53-49(48-54)50(55)44-40-36-32-28-14-12-10-8-6-4-2/h11,13,16,19,49-50,54-55H,3-10,12,14-15,17-18,20-48H2,1-2H3,(H,53,56)/b13-11-,19-16-. The molecule has 0 aromatic heterocycles. The Morgan fingerprint density at radius 3 is 1.34 bits per heavy atom. The van der Waals surface area contributed by atoms with E-state index in [9.17, 15) is 19.8 Å². The third kappa shape index (κ3) is 43.9. The summed E-state index contributed by atoms with van der Waals surface area (Å²) in [4.78, 5) is 24.4. The van der Waals surface area contributed by atoms with Crippen molar-refractivity contribution in [1.82, 2.24) is 5.32 Å². The lowest BCUT2D eigenvalue weighted by Gasteiger charge is -2.22. The predicted molar refractivity (Wildman–Crippen MR) is 250 cm³/mol. The van der Waals surface area contributed by atoms with Crippen LogP contribution in [0.25, 0.3) is 0 Å². The maximum atomic E-state index is 12.4. The van der Waals surface area contributed by atoms with E-state index in [1.54, 1.807) is 0 Å². The van der Waals surface area contributed by atoms with Gasteiger partial charge in [-0.1, -0.05) is 224 Å². The summed E-state index contributed by atoms with van der Waals surface area (Å²) < 4.78 is 5.46. The van der Waals surface area contributed by atoms with Crippen LogP contribution < -0.4 is 5.32 Å². The van der Waals surface area contributed by atoms with E-state index in [2.05, 4.69) is 43.5 Å². The Kier molecular flexibility index (Phi) is 46.6. The minimum Gasteiger partial charge on any atom is -0.466 e. The van der Waals surface area contributed by atoms with Gasteiger partial charge in [0.1, 0.15) is 0 Å². The highest BCUT2D eigenvalue weighted by Crippen LogP contribution is 2.16. The SMILES string of the molecule is CCCCC/C=C\C/C=C\CCCCCCCC(=O)OCCCCCCCCCCCCCCCCCCC(=O)NC(CO)C(O)CCCCCCCCCCCC. The van der Waals surface area contributed by atoms with Gasteiger partial charge in [-0.2, -0.15) is 0 Å². The molecule has 0 bridgehead atoms. The molecule has 0 saturated carbocycles. The van der Waals surface area contributed by atoms with Crippen LogP contribution in [0.15, 0.2) is 24.3 Å². The number of ether oxygens (including phenoxy) is 1. The van der Waals surface area contributed by atoms with E-state index in [1.807, 2.05) is 0 Å². The van der Waals surface area contributed by atoms with Crippen molar-refractivity contribution in [1.29, 1.82) is 0 Å². The lowest BCUT2D eigenvalue weighted by Crippen LogP contribution is -2.45. The number of unbranched alkanes of at least 4 members (excludes halogenated alkanes) is 32. The number of nitrogens with one attached hydrogen (secondary N) is 1. The summed E-state index contributed by atoms with van der Waals surface area (Å²) in [5.41, 5.74) is 0. The maximum Gasteiger partial charge on any atom is 0.305 e. The third-order valence-electron chi connectivity index (χ3n) is 11.8. The average Bonchev–Trinajstić information content (AvgIpc) is 3.22. The molecule has 0 rings (SSSR count). The van der Waals surface area contributed by atoms with E-state index in [0.29, 0.717) is 25.9 Å². The van der Waals surface area contributed by atoms with Gasteiger partial charge in [0.2, 0.25) is 5.91 Å². The van der Waals surface area contributed by atoms with Gasteiger partial charge in [0.05, 0.1) is 25.4 Å². The number of hydrogen-bond acceptors (Lipinski definition) is 5. The maximum absolute atomic E-state index is 12.4. The fourth-order valence-electron chi connectivity index (χ4n) is 7.79. The van der Waals surface area contributed by atoms with Crippen LogP contribution in [0.3, 0.4) is 0 Å². The Morgan fingerprint density at radius 2 is 0.862 bits per heavy atom. The molecule has 1 amide bonds. The van der Waals surface area contributed by atoms with Gasteiger partial charge < -0.3 is 20.3 Å². The molecule has 0 fully saturated rings. The number of carbonyl (C=O) groups is 2. The number of allylic oxidation sites excluding steroid dienone is 4. The number of hydrogen-bond donors (Lipinski definition) is 3. The first kappa shape index (κ1) is 56.3. The molecule has 58 heavy (non-hydrogen) atoms. The molecule has 0 radical (unpaired) electrons. The number of esters is 1. The lowest BCUT2D eigenvalue weighted by atomic mass is 10.0. The number of aliphatic hydroxyl groups is 2. The van der Waals surface area contributed by atoms with Crippen molar-refractivity contribution in [2.24, 2.45) is 0 Å². The monoisotopic (exact) mass is 818 g/mol. The fraction of sp³-hybridized carbons (Fsp3) is 0.885. The molecular weight excluding hydrogens is 719 g/mol. The van der Waals surface area contributed by atoms with Crippen LogP contribution in [0.5, 0.6) is 0 Å². The van der Waals surface area contributed by atoms with Crippen LogP contribution in [-0.4, -0.2) is 47.4 Å². The van der Waals surface area contributed by atoms with E-state index in [4.69, 9.17) is 4.74 Å². The molecule has 2 unspecified atom stereocenters. The second-order valence-electron chi connectivity index (χ2n) is 17.5. The van der Waals surface area contributed by atoms with Crippen molar-refractivity contribution in [3.05, 3.63) is 24.3 Å². The zero-order valence-electron chi connectivity index (χ0n) is 38.8. The number of rotatable bonds is 47. The first-order valence-corrected chi connectivity index (χ1v) is 25.6. The summed E-state index contributed by atoms with van der Waals surface area (Å²) >= 11 is 0. The molecule has 0 aliphatic heterocycles. The van der Waals surface area contributed by atoms with E-state index in [-0.39, 0.29) is 18.5 Å². The van der Waals surface area contributed by atoms with Crippen LogP contribution in [0, 0.1) is 0 Å². The van der Waals surface area contributed by atoms with Crippen molar-refractivity contribution in [3.8, 4) is 0 Å². The van der Waals surface area contributed by atoms with Gasteiger partial charge in [-0.15, -0.1) is 0 Å². The molecule has 2 atom stereocenters. The van der Waals surface area contributed by atoms with Crippen molar-refractivity contribution in [2.45, 2.75) is 283 Å². The van der Waals surface area contributed by atoms with Crippen LogP contribution in [0.1, 0.15) is 271 Å². The van der Waals surface area contributed by atoms with Gasteiger partial charge in [-0.3, -0.25) is 9.59 Å². The quantitative estimate of drug-likeness (QED) is 0.0323. The van der Waals surface area contributed by atoms with Crippen molar-refractivity contribution in [3.63, 3.8) is 0 Å². The Balaban J connectivity index is 3.41. The van der Waals surface area contributed by atoms with Gasteiger partial charge in [-0.25, -0.2) is 0 Å². The third-order valence-corrected chi connectivity index (χ3v) is 11.8. The molecule has 0 aliphatic rings. The summed E-state index contributed by atoms with van der Waals surface area (Å²) in [5.74, 6) is -0.0555. The molecule has 6 nitrogen and oxygen atoms in total. The van der Waals surface area contributed by atoms with Crippen LogP contribution in [-0.2, 0) is 14.3 Å². The number of carbonyl (C=O) groups excluding carboxylic acids is 2. The van der Waals surface area contributed by atoms with Gasteiger partial charge in [0.15, 0.2) is 0 Å². The van der Waals surface area contributed by atoms with Crippen molar-refractivity contribution >= 4 is 11.9 Å². The molecule has 3 N–H and O–H groups in total.